The Kier molecular flexibility index (Phi) is 5.13. The number of ether oxygens (including phenoxy) is 1. The van der Waals surface area contributed by atoms with Gasteiger partial charge in [0.15, 0.2) is 0 Å². The first kappa shape index (κ1) is 16.0. The van der Waals surface area contributed by atoms with Gasteiger partial charge in [0.1, 0.15) is 11.3 Å². The van der Waals surface area contributed by atoms with Crippen LogP contribution in [-0.2, 0) is 16.0 Å². The van der Waals surface area contributed by atoms with E-state index in [1.165, 1.54) is 25.8 Å². The topological polar surface area (TPSA) is 66.8 Å². The highest BCUT2D eigenvalue weighted by Crippen LogP contribution is 2.16. The molecule has 0 aliphatic heterocycles. The molecule has 0 bridgehead atoms. The first-order chi connectivity index (χ1) is 9.28. The SMILES string of the molecule is CCOc1ccc(CC(=O)N(C)C(C)(C)C(=O)O)cc1. The van der Waals surface area contributed by atoms with Gasteiger partial charge in [-0.15, -0.1) is 0 Å². The number of benzene rings is 1. The first-order valence-electron chi connectivity index (χ1n) is 6.50. The summed E-state index contributed by atoms with van der Waals surface area (Å²) in [6.45, 7) is 5.50. The molecule has 0 radical (unpaired) electrons. The number of carbonyl (C=O) groups excluding carboxylic acids is 1. The van der Waals surface area contributed by atoms with Crippen molar-refractivity contribution >= 4 is 11.9 Å². The van der Waals surface area contributed by atoms with Crippen LogP contribution in [0.2, 0.25) is 0 Å². The molecule has 1 aromatic carbocycles. The molecule has 0 aromatic heterocycles. The van der Waals surface area contributed by atoms with Crippen LogP contribution in [0.3, 0.4) is 0 Å². The van der Waals surface area contributed by atoms with Crippen molar-refractivity contribution in [1.29, 1.82) is 0 Å². The average Bonchev–Trinajstić information content (AvgIpc) is 2.40. The molecular formula is C15H21NO4. The smallest absolute Gasteiger partial charge is 0.329 e. The molecule has 0 aliphatic rings. The van der Waals surface area contributed by atoms with Gasteiger partial charge in [0.2, 0.25) is 5.91 Å². The molecule has 0 unspecified atom stereocenters. The number of hydrogen-bond acceptors (Lipinski definition) is 3. The number of amides is 1. The third-order valence-electron chi connectivity index (χ3n) is 3.33. The summed E-state index contributed by atoms with van der Waals surface area (Å²) < 4.78 is 5.33. The van der Waals surface area contributed by atoms with Crippen LogP contribution in [0, 0.1) is 0 Å². The minimum absolute atomic E-state index is 0.166. The molecule has 110 valence electrons. The lowest BCUT2D eigenvalue weighted by atomic mass is 10.0. The second kappa shape index (κ2) is 6.41. The summed E-state index contributed by atoms with van der Waals surface area (Å²) in [7, 11) is 1.50. The van der Waals surface area contributed by atoms with Gasteiger partial charge in [-0.05, 0) is 38.5 Å². The number of carbonyl (C=O) groups is 2. The van der Waals surface area contributed by atoms with Gasteiger partial charge in [-0.25, -0.2) is 4.79 Å². The molecule has 0 fully saturated rings. The number of carboxylic acids is 1. The summed E-state index contributed by atoms with van der Waals surface area (Å²) in [5, 5.41) is 9.11. The summed E-state index contributed by atoms with van der Waals surface area (Å²) >= 11 is 0. The fourth-order valence-electron chi connectivity index (χ4n) is 1.62. The van der Waals surface area contributed by atoms with Crippen LogP contribution in [0.1, 0.15) is 26.3 Å². The van der Waals surface area contributed by atoms with Gasteiger partial charge in [0, 0.05) is 7.05 Å². The van der Waals surface area contributed by atoms with Crippen molar-refractivity contribution in [3.05, 3.63) is 29.8 Å². The average molecular weight is 279 g/mol. The third kappa shape index (κ3) is 3.73. The van der Waals surface area contributed by atoms with Gasteiger partial charge in [0.25, 0.3) is 0 Å². The van der Waals surface area contributed by atoms with Crippen molar-refractivity contribution in [1.82, 2.24) is 4.90 Å². The van der Waals surface area contributed by atoms with Crippen LogP contribution >= 0.6 is 0 Å². The summed E-state index contributed by atoms with van der Waals surface area (Å²) in [4.78, 5) is 24.5. The maximum Gasteiger partial charge on any atom is 0.329 e. The van der Waals surface area contributed by atoms with E-state index in [-0.39, 0.29) is 12.3 Å². The zero-order chi connectivity index (χ0) is 15.3. The molecule has 1 rings (SSSR count). The van der Waals surface area contributed by atoms with Crippen molar-refractivity contribution in [2.24, 2.45) is 0 Å². The van der Waals surface area contributed by atoms with E-state index < -0.39 is 11.5 Å². The van der Waals surface area contributed by atoms with E-state index in [1.54, 1.807) is 12.1 Å². The molecule has 5 nitrogen and oxygen atoms in total. The Hall–Kier alpha value is -2.04. The van der Waals surface area contributed by atoms with Crippen LogP contribution in [0.5, 0.6) is 5.75 Å². The number of likely N-dealkylation sites (N-methyl/N-ethyl adjacent to an activating group) is 1. The van der Waals surface area contributed by atoms with Gasteiger partial charge in [0.05, 0.1) is 13.0 Å². The Morgan fingerprint density at radius 2 is 1.80 bits per heavy atom. The zero-order valence-electron chi connectivity index (χ0n) is 12.3. The van der Waals surface area contributed by atoms with E-state index in [9.17, 15) is 9.59 Å². The molecule has 1 aromatic rings. The van der Waals surface area contributed by atoms with Gasteiger partial charge in [-0.1, -0.05) is 12.1 Å². The van der Waals surface area contributed by atoms with Gasteiger partial charge in [-0.2, -0.15) is 0 Å². The van der Waals surface area contributed by atoms with Crippen molar-refractivity contribution < 1.29 is 19.4 Å². The van der Waals surface area contributed by atoms with Gasteiger partial charge >= 0.3 is 5.97 Å². The lowest BCUT2D eigenvalue weighted by Crippen LogP contribution is -2.51. The van der Waals surface area contributed by atoms with Crippen LogP contribution in [0.25, 0.3) is 0 Å². The van der Waals surface area contributed by atoms with Crippen molar-refractivity contribution in [3.63, 3.8) is 0 Å². The summed E-state index contributed by atoms with van der Waals surface area (Å²) in [6.07, 6.45) is 0.166. The Labute approximate surface area is 119 Å². The van der Waals surface area contributed by atoms with Crippen molar-refractivity contribution in [2.45, 2.75) is 32.7 Å². The second-order valence-electron chi connectivity index (χ2n) is 5.07. The first-order valence-corrected chi connectivity index (χ1v) is 6.50. The molecule has 0 heterocycles. The molecule has 1 amide bonds. The predicted molar refractivity (Wildman–Crippen MR) is 75.8 cm³/mol. The van der Waals surface area contributed by atoms with E-state index in [2.05, 4.69) is 0 Å². The number of hydrogen-bond donors (Lipinski definition) is 1. The van der Waals surface area contributed by atoms with Crippen LogP contribution in [0.4, 0.5) is 0 Å². The maximum atomic E-state index is 12.1. The maximum absolute atomic E-state index is 12.1. The number of carboxylic acid groups (broad SMARTS) is 1. The van der Waals surface area contributed by atoms with E-state index in [4.69, 9.17) is 9.84 Å². The van der Waals surface area contributed by atoms with Crippen LogP contribution in [-0.4, -0.2) is 41.1 Å². The Morgan fingerprint density at radius 3 is 2.25 bits per heavy atom. The molecular weight excluding hydrogens is 258 g/mol. The monoisotopic (exact) mass is 279 g/mol. The molecule has 0 saturated heterocycles. The van der Waals surface area contributed by atoms with Crippen LogP contribution < -0.4 is 4.74 Å². The fraction of sp³-hybridized carbons (Fsp3) is 0.467. The summed E-state index contributed by atoms with van der Waals surface area (Å²) in [6, 6.07) is 7.22. The number of aliphatic carboxylic acids is 1. The molecule has 20 heavy (non-hydrogen) atoms. The normalized spacial score (nSPS) is 11.0. The Bertz CT molecular complexity index is 479. The highest BCUT2D eigenvalue weighted by molar-refractivity contribution is 5.87. The highest BCUT2D eigenvalue weighted by atomic mass is 16.5. The summed E-state index contributed by atoms with van der Waals surface area (Å²) in [5.74, 6) is -0.510. The second-order valence-corrected chi connectivity index (χ2v) is 5.07. The molecule has 5 heteroatoms. The van der Waals surface area contributed by atoms with E-state index in [1.807, 2.05) is 19.1 Å². The molecule has 0 aliphatic carbocycles. The lowest BCUT2D eigenvalue weighted by Gasteiger charge is -2.31. The van der Waals surface area contributed by atoms with E-state index in [0.29, 0.717) is 6.61 Å². The minimum Gasteiger partial charge on any atom is -0.494 e. The quantitative estimate of drug-likeness (QED) is 0.864. The lowest BCUT2D eigenvalue weighted by molar-refractivity contribution is -0.155. The third-order valence-corrected chi connectivity index (χ3v) is 3.33. The zero-order valence-corrected chi connectivity index (χ0v) is 12.3. The van der Waals surface area contributed by atoms with Gasteiger partial charge < -0.3 is 14.7 Å². The molecule has 1 N–H and O–H groups in total. The predicted octanol–water partition coefficient (Wildman–Crippen LogP) is 1.95. The standard InChI is InChI=1S/C15H21NO4/c1-5-20-12-8-6-11(7-9-12)10-13(17)16(4)15(2,3)14(18)19/h6-9H,5,10H2,1-4H3,(H,18,19). The van der Waals surface area contributed by atoms with Gasteiger partial charge in [-0.3, -0.25) is 4.79 Å². The van der Waals surface area contributed by atoms with E-state index in [0.717, 1.165) is 11.3 Å². The summed E-state index contributed by atoms with van der Waals surface area (Å²) in [5.41, 5.74) is -0.394. The highest BCUT2D eigenvalue weighted by Gasteiger charge is 2.34. The largest absolute Gasteiger partial charge is 0.494 e. The minimum atomic E-state index is -1.22. The molecule has 0 spiro atoms. The molecule has 0 atom stereocenters. The van der Waals surface area contributed by atoms with E-state index >= 15 is 0 Å². The van der Waals surface area contributed by atoms with Crippen molar-refractivity contribution in [2.75, 3.05) is 13.7 Å². The number of rotatable bonds is 6. The number of nitrogens with zero attached hydrogens (tertiary/aromatic N) is 1. The Balaban J connectivity index is 2.73. The van der Waals surface area contributed by atoms with Crippen molar-refractivity contribution in [3.8, 4) is 5.75 Å². The van der Waals surface area contributed by atoms with Crippen LogP contribution in [0.15, 0.2) is 24.3 Å². The fourth-order valence-corrected chi connectivity index (χ4v) is 1.62. The Morgan fingerprint density at radius 1 is 1.25 bits per heavy atom. The molecule has 0 saturated carbocycles.